The van der Waals surface area contributed by atoms with Crippen LogP contribution in [0.3, 0.4) is 0 Å². The molecule has 82 valence electrons. The van der Waals surface area contributed by atoms with Crippen LogP contribution in [0.1, 0.15) is 5.56 Å². The highest BCUT2D eigenvalue weighted by atomic mass is 32.2. The quantitative estimate of drug-likeness (QED) is 0.419. The van der Waals surface area contributed by atoms with Crippen molar-refractivity contribution < 1.29 is 13.2 Å². The third-order valence-electron chi connectivity index (χ3n) is 1.88. The number of carbonyl (C=O) groups excluding carboxylic acids is 1. The van der Waals surface area contributed by atoms with Crippen LogP contribution in [-0.4, -0.2) is 20.6 Å². The molecule has 0 aromatic heterocycles. The van der Waals surface area contributed by atoms with Crippen molar-refractivity contribution in [1.82, 2.24) is 5.43 Å². The predicted molar refractivity (Wildman–Crippen MR) is 55.6 cm³/mol. The standard InChI is InChI=1S/C9H12N2O3S/c1-15(13,14)8-4-2-7(3-5-8)6-9(12)11-10/h2-5H,6,10H2,1H3,(H,11,12). The molecule has 3 N–H and O–H groups in total. The number of sulfone groups is 1. The molecule has 0 fully saturated rings. The summed E-state index contributed by atoms with van der Waals surface area (Å²) in [5.41, 5.74) is 2.71. The van der Waals surface area contributed by atoms with E-state index in [2.05, 4.69) is 0 Å². The smallest absolute Gasteiger partial charge is 0.238 e. The minimum Gasteiger partial charge on any atom is -0.294 e. The molecule has 0 spiro atoms. The molecule has 1 rings (SSSR count). The molecule has 0 heterocycles. The summed E-state index contributed by atoms with van der Waals surface area (Å²) in [6, 6.07) is 6.11. The first-order valence-electron chi connectivity index (χ1n) is 4.22. The third-order valence-corrected chi connectivity index (χ3v) is 3.01. The molecule has 0 aliphatic rings. The van der Waals surface area contributed by atoms with E-state index in [1.165, 1.54) is 12.1 Å². The summed E-state index contributed by atoms with van der Waals surface area (Å²) >= 11 is 0. The molecule has 0 aliphatic carbocycles. The van der Waals surface area contributed by atoms with Crippen molar-refractivity contribution in [3.05, 3.63) is 29.8 Å². The number of carbonyl (C=O) groups is 1. The highest BCUT2D eigenvalue weighted by Crippen LogP contribution is 2.10. The number of rotatable bonds is 3. The molecule has 0 atom stereocenters. The van der Waals surface area contributed by atoms with Crippen LogP contribution < -0.4 is 11.3 Å². The summed E-state index contributed by atoms with van der Waals surface area (Å²) in [6.07, 6.45) is 1.27. The van der Waals surface area contributed by atoms with Gasteiger partial charge in [-0.1, -0.05) is 12.1 Å². The molecule has 1 aromatic rings. The Morgan fingerprint density at radius 1 is 1.33 bits per heavy atom. The lowest BCUT2D eigenvalue weighted by Crippen LogP contribution is -2.31. The van der Waals surface area contributed by atoms with E-state index in [1.807, 2.05) is 5.43 Å². The fourth-order valence-electron chi connectivity index (χ4n) is 1.09. The van der Waals surface area contributed by atoms with Crippen LogP contribution in [0.4, 0.5) is 0 Å². The van der Waals surface area contributed by atoms with Crippen LogP contribution in [0.25, 0.3) is 0 Å². The SMILES string of the molecule is CS(=O)(=O)c1ccc(CC(=O)NN)cc1. The minimum absolute atomic E-state index is 0.139. The Labute approximate surface area is 88.2 Å². The Balaban J connectivity index is 2.86. The number of nitrogens with two attached hydrogens (primary N) is 1. The normalized spacial score (nSPS) is 11.1. The number of nitrogens with one attached hydrogen (secondary N) is 1. The number of benzene rings is 1. The second kappa shape index (κ2) is 4.41. The highest BCUT2D eigenvalue weighted by Gasteiger charge is 2.07. The zero-order chi connectivity index (χ0) is 11.5. The highest BCUT2D eigenvalue weighted by molar-refractivity contribution is 7.90. The topological polar surface area (TPSA) is 89.3 Å². The first-order chi connectivity index (χ1) is 6.93. The minimum atomic E-state index is -3.18. The zero-order valence-electron chi connectivity index (χ0n) is 8.23. The predicted octanol–water partition coefficient (Wildman–Crippen LogP) is -0.377. The van der Waals surface area contributed by atoms with Crippen LogP contribution in [0.15, 0.2) is 29.2 Å². The largest absolute Gasteiger partial charge is 0.294 e. The van der Waals surface area contributed by atoms with E-state index in [1.54, 1.807) is 12.1 Å². The van der Waals surface area contributed by atoms with E-state index in [0.29, 0.717) is 5.56 Å². The summed E-state index contributed by atoms with van der Waals surface area (Å²) in [4.78, 5) is 11.1. The van der Waals surface area contributed by atoms with Crippen molar-refractivity contribution in [2.24, 2.45) is 5.84 Å². The molecule has 0 aliphatic heterocycles. The van der Waals surface area contributed by atoms with Gasteiger partial charge >= 0.3 is 0 Å². The van der Waals surface area contributed by atoms with Crippen LogP contribution in [-0.2, 0) is 21.1 Å². The number of amides is 1. The van der Waals surface area contributed by atoms with Gasteiger partial charge in [-0.25, -0.2) is 14.3 Å². The maximum absolute atomic E-state index is 11.1. The molecule has 6 heteroatoms. The maximum atomic E-state index is 11.1. The molecule has 0 radical (unpaired) electrons. The fraction of sp³-hybridized carbons (Fsp3) is 0.222. The second-order valence-corrected chi connectivity index (χ2v) is 5.18. The second-order valence-electron chi connectivity index (χ2n) is 3.16. The van der Waals surface area contributed by atoms with Crippen molar-refractivity contribution in [3.63, 3.8) is 0 Å². The molecule has 5 nitrogen and oxygen atoms in total. The van der Waals surface area contributed by atoms with E-state index in [9.17, 15) is 13.2 Å². The first-order valence-corrected chi connectivity index (χ1v) is 6.11. The van der Waals surface area contributed by atoms with E-state index in [4.69, 9.17) is 5.84 Å². The van der Waals surface area contributed by atoms with Gasteiger partial charge in [0.05, 0.1) is 11.3 Å². The van der Waals surface area contributed by atoms with Gasteiger partial charge in [0, 0.05) is 6.26 Å². The van der Waals surface area contributed by atoms with Gasteiger partial charge in [0.2, 0.25) is 5.91 Å². The van der Waals surface area contributed by atoms with Crippen LogP contribution in [0.5, 0.6) is 0 Å². The van der Waals surface area contributed by atoms with Gasteiger partial charge in [-0.05, 0) is 17.7 Å². The Kier molecular flexibility index (Phi) is 3.43. The fourth-order valence-corrected chi connectivity index (χ4v) is 1.72. The summed E-state index contributed by atoms with van der Waals surface area (Å²) in [6.45, 7) is 0. The van der Waals surface area contributed by atoms with E-state index in [0.717, 1.165) is 6.26 Å². The lowest BCUT2D eigenvalue weighted by molar-refractivity contribution is -0.120. The number of hydrogen-bond donors (Lipinski definition) is 2. The first kappa shape index (κ1) is 11.7. The van der Waals surface area contributed by atoms with Crippen LogP contribution in [0, 0.1) is 0 Å². The molecule has 1 amide bonds. The zero-order valence-corrected chi connectivity index (χ0v) is 9.04. The van der Waals surface area contributed by atoms with Gasteiger partial charge in [-0.3, -0.25) is 10.2 Å². The summed E-state index contributed by atoms with van der Waals surface area (Å²) in [5.74, 6) is 4.61. The molecule has 15 heavy (non-hydrogen) atoms. The van der Waals surface area contributed by atoms with Gasteiger partial charge in [0.15, 0.2) is 9.84 Å². The summed E-state index contributed by atoms with van der Waals surface area (Å²) in [5, 5.41) is 0. The van der Waals surface area contributed by atoms with Crippen molar-refractivity contribution in [1.29, 1.82) is 0 Å². The van der Waals surface area contributed by atoms with E-state index < -0.39 is 9.84 Å². The molecule has 0 unspecified atom stereocenters. The van der Waals surface area contributed by atoms with Gasteiger partial charge < -0.3 is 0 Å². The van der Waals surface area contributed by atoms with Crippen molar-refractivity contribution in [3.8, 4) is 0 Å². The van der Waals surface area contributed by atoms with Gasteiger partial charge in [-0.2, -0.15) is 0 Å². The lowest BCUT2D eigenvalue weighted by atomic mass is 10.1. The van der Waals surface area contributed by atoms with E-state index in [-0.39, 0.29) is 17.2 Å². The average Bonchev–Trinajstić information content (AvgIpc) is 2.17. The van der Waals surface area contributed by atoms with Crippen LogP contribution in [0.2, 0.25) is 0 Å². The summed E-state index contributed by atoms with van der Waals surface area (Å²) in [7, 11) is -3.18. The Morgan fingerprint density at radius 2 is 1.87 bits per heavy atom. The Bertz CT molecular complexity index is 451. The van der Waals surface area contributed by atoms with Crippen LogP contribution >= 0.6 is 0 Å². The Hall–Kier alpha value is -1.40. The monoisotopic (exact) mass is 228 g/mol. The van der Waals surface area contributed by atoms with Gasteiger partial charge in [0.1, 0.15) is 0 Å². The lowest BCUT2D eigenvalue weighted by Gasteiger charge is -2.01. The molecular formula is C9H12N2O3S. The molecule has 0 bridgehead atoms. The molecule has 0 saturated heterocycles. The van der Waals surface area contributed by atoms with Crippen molar-refractivity contribution in [2.75, 3.05) is 6.26 Å². The molecule has 1 aromatic carbocycles. The van der Waals surface area contributed by atoms with Gasteiger partial charge in [0.25, 0.3) is 0 Å². The van der Waals surface area contributed by atoms with Crippen molar-refractivity contribution >= 4 is 15.7 Å². The van der Waals surface area contributed by atoms with Gasteiger partial charge in [-0.15, -0.1) is 0 Å². The number of hydrogen-bond acceptors (Lipinski definition) is 4. The summed E-state index contributed by atoms with van der Waals surface area (Å²) < 4.78 is 22.2. The molecule has 0 saturated carbocycles. The Morgan fingerprint density at radius 3 is 2.27 bits per heavy atom. The molecular weight excluding hydrogens is 216 g/mol. The van der Waals surface area contributed by atoms with E-state index >= 15 is 0 Å². The average molecular weight is 228 g/mol. The number of hydrazine groups is 1. The maximum Gasteiger partial charge on any atom is 0.238 e. The van der Waals surface area contributed by atoms with Crippen molar-refractivity contribution in [2.45, 2.75) is 11.3 Å². The third kappa shape index (κ3) is 3.34.